The molecular formula is C16H18N2O3S. The molecule has 0 unspecified atom stereocenters. The van der Waals surface area contributed by atoms with E-state index in [0.29, 0.717) is 10.7 Å². The Morgan fingerprint density at radius 2 is 2.00 bits per heavy atom. The Balaban J connectivity index is 1.87. The van der Waals surface area contributed by atoms with Gasteiger partial charge in [-0.1, -0.05) is 0 Å². The maximum Gasteiger partial charge on any atom is 0.290 e. The summed E-state index contributed by atoms with van der Waals surface area (Å²) in [5, 5.41) is 1.92. The number of carbonyl (C=O) groups is 2. The summed E-state index contributed by atoms with van der Waals surface area (Å²) < 4.78 is 5.45. The number of methoxy groups -OCH3 is 1. The number of rotatable bonds is 3. The number of amides is 2. The van der Waals surface area contributed by atoms with Crippen LogP contribution in [0.15, 0.2) is 23.1 Å². The lowest BCUT2D eigenvalue weighted by atomic mass is 10.1. The second kappa shape index (κ2) is 6.44. The number of carbonyl (C=O) groups excluding carboxylic acids is 2. The molecule has 2 heterocycles. The molecule has 3 rings (SSSR count). The first-order chi connectivity index (χ1) is 10.7. The Kier molecular flexibility index (Phi) is 4.38. The van der Waals surface area contributed by atoms with Crippen molar-refractivity contribution in [2.75, 3.05) is 25.1 Å². The number of piperidine rings is 1. The SMILES string of the molecule is COc1cc(N2CCCCC2)ccc1/C=C1/SC(=O)NC1=O. The Morgan fingerprint density at radius 3 is 2.64 bits per heavy atom. The summed E-state index contributed by atoms with van der Waals surface area (Å²) >= 11 is 0.916. The van der Waals surface area contributed by atoms with Crippen molar-refractivity contribution in [1.29, 1.82) is 0 Å². The van der Waals surface area contributed by atoms with Gasteiger partial charge in [0, 0.05) is 30.4 Å². The number of nitrogens with zero attached hydrogens (tertiary/aromatic N) is 1. The van der Waals surface area contributed by atoms with Gasteiger partial charge in [0.2, 0.25) is 0 Å². The Hall–Kier alpha value is -1.95. The van der Waals surface area contributed by atoms with Crippen LogP contribution in [0.5, 0.6) is 5.75 Å². The molecule has 1 aromatic rings. The van der Waals surface area contributed by atoms with Crippen LogP contribution >= 0.6 is 11.8 Å². The first-order valence-electron chi connectivity index (χ1n) is 7.35. The van der Waals surface area contributed by atoms with Crippen molar-refractivity contribution in [3.05, 3.63) is 28.7 Å². The molecule has 1 N–H and O–H groups in total. The monoisotopic (exact) mass is 318 g/mol. The molecule has 0 spiro atoms. The van der Waals surface area contributed by atoms with E-state index in [9.17, 15) is 9.59 Å². The van der Waals surface area contributed by atoms with Crippen LogP contribution in [0.3, 0.4) is 0 Å². The average Bonchev–Trinajstić information content (AvgIpc) is 2.86. The van der Waals surface area contributed by atoms with E-state index in [0.717, 1.165) is 36.1 Å². The number of imide groups is 1. The van der Waals surface area contributed by atoms with Gasteiger partial charge in [-0.2, -0.15) is 0 Å². The predicted octanol–water partition coefficient (Wildman–Crippen LogP) is 3.01. The molecule has 2 saturated heterocycles. The minimum atomic E-state index is -0.350. The van der Waals surface area contributed by atoms with Crippen molar-refractivity contribution in [3.63, 3.8) is 0 Å². The molecule has 1 aromatic carbocycles. The molecule has 0 atom stereocenters. The van der Waals surface area contributed by atoms with E-state index in [1.165, 1.54) is 19.3 Å². The molecule has 6 heteroatoms. The molecule has 2 amide bonds. The molecule has 2 fully saturated rings. The third-order valence-electron chi connectivity index (χ3n) is 3.87. The minimum Gasteiger partial charge on any atom is -0.496 e. The highest BCUT2D eigenvalue weighted by Gasteiger charge is 2.25. The van der Waals surface area contributed by atoms with E-state index in [2.05, 4.69) is 10.2 Å². The third-order valence-corrected chi connectivity index (χ3v) is 4.68. The van der Waals surface area contributed by atoms with Crippen molar-refractivity contribution in [3.8, 4) is 5.75 Å². The van der Waals surface area contributed by atoms with Crippen LogP contribution in [-0.2, 0) is 4.79 Å². The van der Waals surface area contributed by atoms with E-state index in [-0.39, 0.29) is 11.1 Å². The van der Waals surface area contributed by atoms with Crippen LogP contribution in [0.2, 0.25) is 0 Å². The lowest BCUT2D eigenvalue weighted by molar-refractivity contribution is -0.115. The summed E-state index contributed by atoms with van der Waals surface area (Å²) in [6.45, 7) is 2.13. The summed E-state index contributed by atoms with van der Waals surface area (Å²) in [7, 11) is 1.62. The number of benzene rings is 1. The van der Waals surface area contributed by atoms with E-state index < -0.39 is 0 Å². The van der Waals surface area contributed by atoms with Gasteiger partial charge in [-0.3, -0.25) is 14.9 Å². The van der Waals surface area contributed by atoms with E-state index in [1.807, 2.05) is 18.2 Å². The van der Waals surface area contributed by atoms with Crippen molar-refractivity contribution in [2.24, 2.45) is 0 Å². The number of hydrogen-bond acceptors (Lipinski definition) is 5. The summed E-state index contributed by atoms with van der Waals surface area (Å²) in [6, 6.07) is 5.98. The third kappa shape index (κ3) is 3.11. The van der Waals surface area contributed by atoms with Crippen LogP contribution in [0.4, 0.5) is 10.5 Å². The molecule has 22 heavy (non-hydrogen) atoms. The topological polar surface area (TPSA) is 58.6 Å². The molecule has 0 saturated carbocycles. The van der Waals surface area contributed by atoms with Gasteiger partial charge >= 0.3 is 0 Å². The summed E-state index contributed by atoms with van der Waals surface area (Å²) in [5.41, 5.74) is 1.94. The standard InChI is InChI=1S/C16H18N2O3S/c1-21-13-10-12(18-7-3-2-4-8-18)6-5-11(13)9-14-15(19)17-16(20)22-14/h5-6,9-10H,2-4,7-8H2,1H3,(H,17,19,20)/b14-9+. The van der Waals surface area contributed by atoms with Crippen molar-refractivity contribution in [2.45, 2.75) is 19.3 Å². The molecular weight excluding hydrogens is 300 g/mol. The second-order valence-electron chi connectivity index (χ2n) is 5.33. The van der Waals surface area contributed by atoms with Crippen LogP contribution in [0, 0.1) is 0 Å². The van der Waals surface area contributed by atoms with Crippen LogP contribution in [0.25, 0.3) is 6.08 Å². The first-order valence-corrected chi connectivity index (χ1v) is 8.17. The highest BCUT2D eigenvalue weighted by molar-refractivity contribution is 8.18. The zero-order valence-corrected chi connectivity index (χ0v) is 13.2. The fraction of sp³-hybridized carbons (Fsp3) is 0.375. The zero-order chi connectivity index (χ0) is 15.5. The van der Waals surface area contributed by atoms with Crippen molar-refractivity contribution < 1.29 is 14.3 Å². The van der Waals surface area contributed by atoms with E-state index in [1.54, 1.807) is 13.2 Å². The summed E-state index contributed by atoms with van der Waals surface area (Å²) in [4.78, 5) is 25.6. The Bertz CT molecular complexity index is 636. The molecule has 116 valence electrons. The molecule has 0 radical (unpaired) electrons. The van der Waals surface area contributed by atoms with Gasteiger partial charge in [-0.05, 0) is 49.2 Å². The smallest absolute Gasteiger partial charge is 0.290 e. The molecule has 2 aliphatic rings. The number of hydrogen-bond donors (Lipinski definition) is 1. The highest BCUT2D eigenvalue weighted by Crippen LogP contribution is 2.32. The maximum atomic E-state index is 11.6. The minimum absolute atomic E-state index is 0.333. The molecule has 0 bridgehead atoms. The van der Waals surface area contributed by atoms with Crippen LogP contribution in [-0.4, -0.2) is 31.3 Å². The first kappa shape index (κ1) is 15.0. The van der Waals surface area contributed by atoms with Gasteiger partial charge in [0.1, 0.15) is 5.75 Å². The lowest BCUT2D eigenvalue weighted by Crippen LogP contribution is -2.29. The summed E-state index contributed by atoms with van der Waals surface area (Å²) in [5.74, 6) is 0.362. The van der Waals surface area contributed by atoms with Gasteiger partial charge in [0.15, 0.2) is 0 Å². The maximum absolute atomic E-state index is 11.6. The second-order valence-corrected chi connectivity index (χ2v) is 6.34. The number of ether oxygens (including phenoxy) is 1. The molecule has 5 nitrogen and oxygen atoms in total. The van der Waals surface area contributed by atoms with Crippen molar-refractivity contribution in [1.82, 2.24) is 5.32 Å². The van der Waals surface area contributed by atoms with Gasteiger partial charge < -0.3 is 9.64 Å². The Labute approximate surface area is 133 Å². The van der Waals surface area contributed by atoms with E-state index >= 15 is 0 Å². The van der Waals surface area contributed by atoms with Gasteiger partial charge in [0.25, 0.3) is 11.1 Å². The summed E-state index contributed by atoms with van der Waals surface area (Å²) in [6.07, 6.45) is 5.42. The lowest BCUT2D eigenvalue weighted by Gasteiger charge is -2.29. The highest BCUT2D eigenvalue weighted by atomic mass is 32.2. The normalized spacial score (nSPS) is 20.4. The molecule has 0 aromatic heterocycles. The zero-order valence-electron chi connectivity index (χ0n) is 12.4. The van der Waals surface area contributed by atoms with E-state index in [4.69, 9.17) is 4.74 Å². The van der Waals surface area contributed by atoms with Gasteiger partial charge in [-0.25, -0.2) is 0 Å². The van der Waals surface area contributed by atoms with Crippen LogP contribution in [0.1, 0.15) is 24.8 Å². The number of anilines is 1. The predicted molar refractivity (Wildman–Crippen MR) is 88.2 cm³/mol. The molecule has 0 aliphatic carbocycles. The Morgan fingerprint density at radius 1 is 1.23 bits per heavy atom. The molecule has 2 aliphatic heterocycles. The van der Waals surface area contributed by atoms with Gasteiger partial charge in [0.05, 0.1) is 12.0 Å². The average molecular weight is 318 g/mol. The van der Waals surface area contributed by atoms with Gasteiger partial charge in [-0.15, -0.1) is 0 Å². The quantitative estimate of drug-likeness (QED) is 0.868. The number of nitrogens with one attached hydrogen (secondary N) is 1. The fourth-order valence-corrected chi connectivity index (χ4v) is 3.40. The fourth-order valence-electron chi connectivity index (χ4n) is 2.73. The number of thioether (sulfide) groups is 1. The van der Waals surface area contributed by atoms with Crippen molar-refractivity contribution >= 4 is 34.7 Å². The van der Waals surface area contributed by atoms with Crippen LogP contribution < -0.4 is 15.0 Å². The largest absolute Gasteiger partial charge is 0.496 e.